The van der Waals surface area contributed by atoms with Gasteiger partial charge in [0, 0.05) is 18.2 Å². The Labute approximate surface area is 112 Å². The Bertz CT molecular complexity index is 398. The number of carbonyl (C=O) groups excluding carboxylic acids is 1. The van der Waals surface area contributed by atoms with Gasteiger partial charge in [0.25, 0.3) is 0 Å². The summed E-state index contributed by atoms with van der Waals surface area (Å²) in [5.41, 5.74) is 6.64. The molecule has 18 heavy (non-hydrogen) atoms. The highest BCUT2D eigenvalue weighted by molar-refractivity contribution is 6.31. The SMILES string of the molecule is COCC(N)C(=O)NC(C)Cc1ccccc1Cl. The minimum absolute atomic E-state index is 0.0275. The second-order valence-electron chi connectivity index (χ2n) is 4.27. The van der Waals surface area contributed by atoms with Gasteiger partial charge in [-0.05, 0) is 25.0 Å². The summed E-state index contributed by atoms with van der Waals surface area (Å²) in [6, 6.07) is 6.92. The van der Waals surface area contributed by atoms with Crippen LogP contribution in [-0.2, 0) is 16.0 Å². The second kappa shape index (κ2) is 7.36. The molecule has 0 aliphatic rings. The van der Waals surface area contributed by atoms with Crippen LogP contribution in [0.5, 0.6) is 0 Å². The average molecular weight is 271 g/mol. The van der Waals surface area contributed by atoms with Gasteiger partial charge in [-0.2, -0.15) is 0 Å². The summed E-state index contributed by atoms with van der Waals surface area (Å²) in [5, 5.41) is 3.55. The average Bonchev–Trinajstić information content (AvgIpc) is 2.32. The van der Waals surface area contributed by atoms with Gasteiger partial charge in [0.2, 0.25) is 5.91 Å². The number of nitrogens with one attached hydrogen (secondary N) is 1. The molecule has 0 fully saturated rings. The minimum atomic E-state index is -0.635. The van der Waals surface area contributed by atoms with Crippen molar-refractivity contribution in [2.24, 2.45) is 5.73 Å². The fourth-order valence-corrected chi connectivity index (χ4v) is 1.86. The van der Waals surface area contributed by atoms with Crippen LogP contribution in [0.2, 0.25) is 5.02 Å². The zero-order valence-corrected chi connectivity index (χ0v) is 11.4. The largest absolute Gasteiger partial charge is 0.383 e. The monoisotopic (exact) mass is 270 g/mol. The van der Waals surface area contributed by atoms with E-state index in [-0.39, 0.29) is 18.6 Å². The lowest BCUT2D eigenvalue weighted by Gasteiger charge is -2.17. The normalized spacial score (nSPS) is 14.0. The Morgan fingerprint density at radius 2 is 2.17 bits per heavy atom. The van der Waals surface area contributed by atoms with Gasteiger partial charge >= 0.3 is 0 Å². The third-order valence-corrected chi connectivity index (χ3v) is 2.92. The van der Waals surface area contributed by atoms with Crippen molar-refractivity contribution >= 4 is 17.5 Å². The zero-order chi connectivity index (χ0) is 13.5. The molecule has 1 rings (SSSR count). The van der Waals surface area contributed by atoms with Crippen molar-refractivity contribution in [3.05, 3.63) is 34.9 Å². The second-order valence-corrected chi connectivity index (χ2v) is 4.67. The highest BCUT2D eigenvalue weighted by Crippen LogP contribution is 2.16. The number of benzene rings is 1. The van der Waals surface area contributed by atoms with Gasteiger partial charge in [-0.15, -0.1) is 0 Å². The minimum Gasteiger partial charge on any atom is -0.383 e. The molecule has 0 bridgehead atoms. The molecule has 0 aliphatic heterocycles. The number of hydrogen-bond acceptors (Lipinski definition) is 3. The van der Waals surface area contributed by atoms with Crippen molar-refractivity contribution < 1.29 is 9.53 Å². The number of rotatable bonds is 6. The molecule has 0 heterocycles. The predicted octanol–water partition coefficient (Wildman–Crippen LogP) is 1.36. The lowest BCUT2D eigenvalue weighted by Crippen LogP contribution is -2.47. The van der Waals surface area contributed by atoms with Gasteiger partial charge in [-0.1, -0.05) is 29.8 Å². The molecular weight excluding hydrogens is 252 g/mol. The summed E-state index contributed by atoms with van der Waals surface area (Å²) in [5.74, 6) is -0.212. The molecule has 0 saturated heterocycles. The molecule has 1 amide bonds. The number of nitrogens with two attached hydrogens (primary N) is 1. The standard InChI is InChI=1S/C13H19ClN2O2/c1-9(16-13(17)12(15)8-18-2)7-10-5-3-4-6-11(10)14/h3-6,9,12H,7-8,15H2,1-2H3,(H,16,17). The van der Waals surface area contributed by atoms with Gasteiger partial charge in [0.1, 0.15) is 6.04 Å². The van der Waals surface area contributed by atoms with Crippen molar-refractivity contribution in [1.29, 1.82) is 0 Å². The summed E-state index contributed by atoms with van der Waals surface area (Å²) in [6.45, 7) is 2.13. The number of carbonyl (C=O) groups is 1. The van der Waals surface area contributed by atoms with Crippen LogP contribution in [-0.4, -0.2) is 31.7 Å². The van der Waals surface area contributed by atoms with Crippen molar-refractivity contribution in [3.8, 4) is 0 Å². The van der Waals surface area contributed by atoms with Crippen molar-refractivity contribution in [1.82, 2.24) is 5.32 Å². The first-order chi connectivity index (χ1) is 8.54. The lowest BCUT2D eigenvalue weighted by molar-refractivity contribution is -0.124. The topological polar surface area (TPSA) is 64.3 Å². The van der Waals surface area contributed by atoms with E-state index >= 15 is 0 Å². The van der Waals surface area contributed by atoms with Gasteiger partial charge in [-0.3, -0.25) is 4.79 Å². The van der Waals surface area contributed by atoms with E-state index in [1.165, 1.54) is 7.11 Å². The fourth-order valence-electron chi connectivity index (χ4n) is 1.65. The first kappa shape index (κ1) is 15.0. The van der Waals surface area contributed by atoms with E-state index in [0.717, 1.165) is 5.56 Å². The molecule has 0 aromatic heterocycles. The summed E-state index contributed by atoms with van der Waals surface area (Å²) >= 11 is 6.06. The van der Waals surface area contributed by atoms with Gasteiger partial charge in [0.15, 0.2) is 0 Å². The molecule has 2 atom stereocenters. The summed E-state index contributed by atoms with van der Waals surface area (Å²) in [4.78, 5) is 11.7. The quantitative estimate of drug-likeness (QED) is 0.820. The number of amides is 1. The molecule has 3 N–H and O–H groups in total. The Morgan fingerprint density at radius 3 is 2.78 bits per heavy atom. The Morgan fingerprint density at radius 1 is 1.50 bits per heavy atom. The Hall–Kier alpha value is -1.10. The first-order valence-electron chi connectivity index (χ1n) is 5.83. The number of ether oxygens (including phenoxy) is 1. The Balaban J connectivity index is 2.49. The predicted molar refractivity (Wildman–Crippen MR) is 72.6 cm³/mol. The van der Waals surface area contributed by atoms with Crippen LogP contribution < -0.4 is 11.1 Å². The molecule has 1 aromatic rings. The number of hydrogen-bond donors (Lipinski definition) is 2. The van der Waals surface area contributed by atoms with E-state index in [0.29, 0.717) is 11.4 Å². The molecule has 4 nitrogen and oxygen atoms in total. The zero-order valence-electron chi connectivity index (χ0n) is 10.7. The third-order valence-electron chi connectivity index (χ3n) is 2.56. The van der Waals surface area contributed by atoms with Crippen LogP contribution in [0.4, 0.5) is 0 Å². The van der Waals surface area contributed by atoms with Gasteiger partial charge < -0.3 is 15.8 Å². The number of methoxy groups -OCH3 is 1. The van der Waals surface area contributed by atoms with Crippen molar-refractivity contribution in [2.75, 3.05) is 13.7 Å². The van der Waals surface area contributed by atoms with Crippen molar-refractivity contribution in [2.45, 2.75) is 25.4 Å². The molecular formula is C13H19ClN2O2. The van der Waals surface area contributed by atoms with Crippen LogP contribution >= 0.6 is 11.6 Å². The first-order valence-corrected chi connectivity index (χ1v) is 6.20. The molecule has 0 saturated carbocycles. The summed E-state index contributed by atoms with van der Waals surface area (Å²) < 4.78 is 4.84. The van der Waals surface area contributed by atoms with Crippen LogP contribution in [0.15, 0.2) is 24.3 Å². The van der Waals surface area contributed by atoms with E-state index in [2.05, 4.69) is 5.32 Å². The van der Waals surface area contributed by atoms with Crippen LogP contribution in [0.3, 0.4) is 0 Å². The molecule has 0 radical (unpaired) electrons. The summed E-state index contributed by atoms with van der Waals surface area (Å²) in [7, 11) is 1.51. The van der Waals surface area contributed by atoms with Crippen LogP contribution in [0.1, 0.15) is 12.5 Å². The van der Waals surface area contributed by atoms with Gasteiger partial charge in [0.05, 0.1) is 6.61 Å². The maximum absolute atomic E-state index is 11.7. The highest BCUT2D eigenvalue weighted by atomic mass is 35.5. The fraction of sp³-hybridized carbons (Fsp3) is 0.462. The maximum atomic E-state index is 11.7. The molecule has 2 unspecified atom stereocenters. The van der Waals surface area contributed by atoms with E-state index in [1.54, 1.807) is 0 Å². The van der Waals surface area contributed by atoms with E-state index in [9.17, 15) is 4.79 Å². The van der Waals surface area contributed by atoms with Crippen molar-refractivity contribution in [3.63, 3.8) is 0 Å². The van der Waals surface area contributed by atoms with Gasteiger partial charge in [-0.25, -0.2) is 0 Å². The number of halogens is 1. The molecule has 0 spiro atoms. The van der Waals surface area contributed by atoms with E-state index < -0.39 is 6.04 Å². The molecule has 100 valence electrons. The van der Waals surface area contributed by atoms with Crippen LogP contribution in [0.25, 0.3) is 0 Å². The highest BCUT2D eigenvalue weighted by Gasteiger charge is 2.16. The molecule has 5 heteroatoms. The maximum Gasteiger partial charge on any atom is 0.239 e. The molecule has 1 aromatic carbocycles. The third kappa shape index (κ3) is 4.64. The van der Waals surface area contributed by atoms with E-state index in [1.807, 2.05) is 31.2 Å². The molecule has 0 aliphatic carbocycles. The Kier molecular flexibility index (Phi) is 6.12. The van der Waals surface area contributed by atoms with E-state index in [4.69, 9.17) is 22.1 Å². The summed E-state index contributed by atoms with van der Waals surface area (Å²) in [6.07, 6.45) is 0.672. The lowest BCUT2D eigenvalue weighted by atomic mass is 10.1. The van der Waals surface area contributed by atoms with Crippen LogP contribution in [0, 0.1) is 0 Å². The smallest absolute Gasteiger partial charge is 0.239 e.